The molecule has 0 spiro atoms. The Labute approximate surface area is 30.6 Å². The molecule has 0 aliphatic heterocycles. The Bertz CT molecular complexity index is 10.8. The van der Waals surface area contributed by atoms with E-state index in [0.29, 0.717) is 0 Å². The maximum atomic E-state index is 11.2. The maximum absolute atomic E-state index is 11.2. The number of rotatable bonds is 0. The van der Waals surface area contributed by atoms with Crippen molar-refractivity contribution in [2.75, 3.05) is 0 Å². The summed E-state index contributed by atoms with van der Waals surface area (Å²) in [7, 11) is 0. The van der Waals surface area contributed by atoms with Crippen molar-refractivity contribution < 1.29 is 3.50 Å². The molecule has 0 saturated carbocycles. The molecule has 0 unspecified atom stereocenters. The third-order valence-corrected chi connectivity index (χ3v) is 0. The Morgan fingerprint density at radius 3 is 1.50 bits per heavy atom. The summed E-state index contributed by atoms with van der Waals surface area (Å²) in [4.78, 5) is 0. The second-order valence-corrected chi connectivity index (χ2v) is 5.27. The monoisotopic (exact) mass is 124 g/mol. The average Bonchev–Trinajstić information content (AvgIpc) is 0.811. The summed E-state index contributed by atoms with van der Waals surface area (Å²) in [6, 6.07) is 0. The molecule has 0 aromatic carbocycles. The van der Waals surface area contributed by atoms with Gasteiger partial charge in [-0.15, -0.1) is 0 Å². The van der Waals surface area contributed by atoms with E-state index in [4.69, 9.17) is 0 Å². The van der Waals surface area contributed by atoms with Gasteiger partial charge in [-0.1, -0.05) is 0 Å². The van der Waals surface area contributed by atoms with E-state index in [1.165, 1.54) is 0 Å². The standard InChI is InChI=1S/C2H7FGe/c1-4(2)3/h4H,1-2H3. The summed E-state index contributed by atoms with van der Waals surface area (Å²) in [6.07, 6.45) is 0. The minimum absolute atomic E-state index is 1.69. The van der Waals surface area contributed by atoms with Crippen LogP contribution in [0.3, 0.4) is 0 Å². The normalized spacial score (nSPS) is 9.00. The fourth-order valence-electron chi connectivity index (χ4n) is 0. The van der Waals surface area contributed by atoms with Crippen molar-refractivity contribution >= 4 is 14.8 Å². The molecule has 0 aliphatic carbocycles. The third-order valence-electron chi connectivity index (χ3n) is 0. The van der Waals surface area contributed by atoms with E-state index in [-0.39, 0.29) is 0 Å². The van der Waals surface area contributed by atoms with Gasteiger partial charge in [0.05, 0.1) is 0 Å². The Balaban J connectivity index is 2.32. The van der Waals surface area contributed by atoms with E-state index in [0.717, 1.165) is 0 Å². The Hall–Kier alpha value is 0.473. The number of halogens is 1. The molecule has 4 heavy (non-hydrogen) atoms. The van der Waals surface area contributed by atoms with Crippen molar-refractivity contribution in [1.29, 1.82) is 0 Å². The van der Waals surface area contributed by atoms with Crippen LogP contribution in [0.4, 0.5) is 3.50 Å². The predicted octanol–water partition coefficient (Wildman–Crippen LogP) is 0.939. The number of hydrogen-bond acceptors (Lipinski definition) is 0. The molecule has 0 amide bonds. The third kappa shape index (κ3) is 24.0. The minimum atomic E-state index is -1.98. The Morgan fingerprint density at radius 1 is 1.50 bits per heavy atom. The van der Waals surface area contributed by atoms with Gasteiger partial charge in [-0.3, -0.25) is 0 Å². The van der Waals surface area contributed by atoms with Crippen LogP contribution >= 0.6 is 0 Å². The summed E-state index contributed by atoms with van der Waals surface area (Å²) in [5.41, 5.74) is 0. The molecule has 0 atom stereocenters. The molecule has 0 aliphatic rings. The summed E-state index contributed by atoms with van der Waals surface area (Å²) in [5, 5.41) is 0. The Morgan fingerprint density at radius 2 is 1.50 bits per heavy atom. The molecule has 0 rings (SSSR count). The first kappa shape index (κ1) is 4.47. The average molecular weight is 123 g/mol. The van der Waals surface area contributed by atoms with Gasteiger partial charge >= 0.3 is 29.8 Å². The molecule has 0 N–H and O–H groups in total. The van der Waals surface area contributed by atoms with Crippen LogP contribution in [0.1, 0.15) is 0 Å². The van der Waals surface area contributed by atoms with Crippen molar-refractivity contribution in [1.82, 2.24) is 0 Å². The van der Waals surface area contributed by atoms with Crippen LogP contribution in [0.2, 0.25) is 11.5 Å². The fourth-order valence-corrected chi connectivity index (χ4v) is 0. The van der Waals surface area contributed by atoms with Crippen molar-refractivity contribution in [3.63, 3.8) is 0 Å². The summed E-state index contributed by atoms with van der Waals surface area (Å²) >= 11 is -1.98. The van der Waals surface area contributed by atoms with Crippen LogP contribution in [0.5, 0.6) is 0 Å². The topological polar surface area (TPSA) is 0 Å². The molecule has 0 heterocycles. The zero-order valence-corrected chi connectivity index (χ0v) is 5.38. The van der Waals surface area contributed by atoms with Crippen molar-refractivity contribution in [2.45, 2.75) is 11.5 Å². The molecule has 0 radical (unpaired) electrons. The van der Waals surface area contributed by atoms with Gasteiger partial charge < -0.3 is 0 Å². The van der Waals surface area contributed by atoms with Gasteiger partial charge in [0, 0.05) is 0 Å². The van der Waals surface area contributed by atoms with E-state index in [1.807, 2.05) is 0 Å². The zero-order chi connectivity index (χ0) is 3.58. The van der Waals surface area contributed by atoms with E-state index >= 15 is 0 Å². The van der Waals surface area contributed by atoms with E-state index in [9.17, 15) is 3.50 Å². The van der Waals surface area contributed by atoms with Gasteiger partial charge in [0.2, 0.25) is 0 Å². The molecule has 26 valence electrons. The summed E-state index contributed by atoms with van der Waals surface area (Å²) in [6.45, 7) is 0. The molecule has 0 aromatic heterocycles. The van der Waals surface area contributed by atoms with Gasteiger partial charge in [-0.25, -0.2) is 0 Å². The summed E-state index contributed by atoms with van der Waals surface area (Å²) < 4.78 is 11.2. The SMILES string of the molecule is [CH3][GeH]([CH3])[F]. The van der Waals surface area contributed by atoms with Gasteiger partial charge in [-0.2, -0.15) is 0 Å². The van der Waals surface area contributed by atoms with Crippen LogP contribution in [-0.4, -0.2) is 14.8 Å². The zero-order valence-electron chi connectivity index (χ0n) is 2.96. The summed E-state index contributed by atoms with van der Waals surface area (Å²) in [5.74, 6) is 3.38. The second-order valence-electron chi connectivity index (χ2n) is 1.01. The van der Waals surface area contributed by atoms with Gasteiger partial charge in [-0.05, 0) is 0 Å². The van der Waals surface area contributed by atoms with Crippen molar-refractivity contribution in [3.8, 4) is 0 Å². The Kier molecular flexibility index (Phi) is 1.97. The molecular weight excluding hydrogens is 116 g/mol. The van der Waals surface area contributed by atoms with E-state index in [2.05, 4.69) is 0 Å². The first-order valence-corrected chi connectivity index (χ1v) is 7.13. The molecule has 2 heteroatoms. The molecule has 0 fully saturated rings. The second kappa shape index (κ2) is 1.76. The van der Waals surface area contributed by atoms with Crippen LogP contribution in [0.25, 0.3) is 0 Å². The van der Waals surface area contributed by atoms with Crippen LogP contribution in [0, 0.1) is 0 Å². The van der Waals surface area contributed by atoms with E-state index in [1.54, 1.807) is 11.5 Å². The quantitative estimate of drug-likeness (QED) is 0.420. The van der Waals surface area contributed by atoms with Crippen LogP contribution in [-0.2, 0) is 0 Å². The first-order chi connectivity index (χ1) is 1.73. The predicted molar refractivity (Wildman–Crippen MR) is 20.0 cm³/mol. The molecule has 0 bridgehead atoms. The fraction of sp³-hybridized carbons (Fsp3) is 1.00. The van der Waals surface area contributed by atoms with Gasteiger partial charge in [0.25, 0.3) is 0 Å². The van der Waals surface area contributed by atoms with Crippen LogP contribution in [0.15, 0.2) is 0 Å². The van der Waals surface area contributed by atoms with Crippen molar-refractivity contribution in [3.05, 3.63) is 0 Å². The molecule has 0 saturated heterocycles. The van der Waals surface area contributed by atoms with Gasteiger partial charge in [0.1, 0.15) is 0 Å². The number of hydrogen-bond donors (Lipinski definition) is 0. The first-order valence-electron chi connectivity index (χ1n) is 1.37. The van der Waals surface area contributed by atoms with Gasteiger partial charge in [0.15, 0.2) is 0 Å². The molecule has 0 nitrogen and oxygen atoms in total. The van der Waals surface area contributed by atoms with Crippen LogP contribution < -0.4 is 0 Å². The molecular formula is C2H7FGe. The molecule has 0 aromatic rings. The van der Waals surface area contributed by atoms with E-state index < -0.39 is 14.8 Å². The van der Waals surface area contributed by atoms with Crippen molar-refractivity contribution in [2.24, 2.45) is 0 Å².